The van der Waals surface area contributed by atoms with Gasteiger partial charge < -0.3 is 5.32 Å². The SMILES string of the molecule is Cc1ccc(CNCCC2CCC2)cc1Cl. The molecular formula is C14H20ClN. The molecule has 0 spiro atoms. The molecule has 1 aromatic rings. The van der Waals surface area contributed by atoms with E-state index in [2.05, 4.69) is 23.5 Å². The van der Waals surface area contributed by atoms with Crippen LogP contribution in [0.5, 0.6) is 0 Å². The second-order valence-electron chi connectivity index (χ2n) is 4.85. The van der Waals surface area contributed by atoms with E-state index >= 15 is 0 Å². The first kappa shape index (κ1) is 11.9. The Morgan fingerprint density at radius 3 is 2.81 bits per heavy atom. The molecule has 0 amide bonds. The smallest absolute Gasteiger partial charge is 0.0438 e. The van der Waals surface area contributed by atoms with Crippen LogP contribution in [0.1, 0.15) is 36.8 Å². The maximum absolute atomic E-state index is 6.08. The Balaban J connectivity index is 1.69. The van der Waals surface area contributed by atoms with E-state index in [1.54, 1.807) is 0 Å². The van der Waals surface area contributed by atoms with Gasteiger partial charge in [0.15, 0.2) is 0 Å². The molecule has 88 valence electrons. The summed E-state index contributed by atoms with van der Waals surface area (Å²) in [7, 11) is 0. The van der Waals surface area contributed by atoms with Gasteiger partial charge in [0.25, 0.3) is 0 Å². The third-order valence-electron chi connectivity index (χ3n) is 3.52. The Morgan fingerprint density at radius 2 is 2.19 bits per heavy atom. The first-order chi connectivity index (χ1) is 7.75. The Labute approximate surface area is 103 Å². The second kappa shape index (κ2) is 5.70. The summed E-state index contributed by atoms with van der Waals surface area (Å²) in [6, 6.07) is 6.30. The third-order valence-corrected chi connectivity index (χ3v) is 3.93. The second-order valence-corrected chi connectivity index (χ2v) is 5.25. The monoisotopic (exact) mass is 237 g/mol. The molecule has 2 rings (SSSR count). The molecule has 0 unspecified atom stereocenters. The number of aryl methyl sites for hydroxylation is 1. The highest BCUT2D eigenvalue weighted by Crippen LogP contribution is 2.28. The van der Waals surface area contributed by atoms with Crippen LogP contribution in [0.25, 0.3) is 0 Å². The van der Waals surface area contributed by atoms with Gasteiger partial charge in [0.1, 0.15) is 0 Å². The molecule has 16 heavy (non-hydrogen) atoms. The summed E-state index contributed by atoms with van der Waals surface area (Å²) in [5.41, 5.74) is 2.43. The van der Waals surface area contributed by atoms with Gasteiger partial charge in [-0.1, -0.05) is 43.0 Å². The molecule has 1 aliphatic rings. The van der Waals surface area contributed by atoms with Crippen LogP contribution >= 0.6 is 11.6 Å². The van der Waals surface area contributed by atoms with Crippen molar-refractivity contribution in [3.8, 4) is 0 Å². The molecule has 0 atom stereocenters. The first-order valence-corrected chi connectivity index (χ1v) is 6.59. The number of halogens is 1. The van der Waals surface area contributed by atoms with Crippen molar-refractivity contribution in [3.63, 3.8) is 0 Å². The van der Waals surface area contributed by atoms with Crippen molar-refractivity contribution in [2.75, 3.05) is 6.54 Å². The summed E-state index contributed by atoms with van der Waals surface area (Å²) < 4.78 is 0. The van der Waals surface area contributed by atoms with Gasteiger partial charge in [-0.3, -0.25) is 0 Å². The van der Waals surface area contributed by atoms with Crippen LogP contribution in [0, 0.1) is 12.8 Å². The standard InChI is InChI=1S/C14H20ClN/c1-11-5-6-13(9-14(11)15)10-16-8-7-12-3-2-4-12/h5-6,9,12,16H,2-4,7-8,10H2,1H3. The fourth-order valence-electron chi connectivity index (χ4n) is 2.07. The predicted octanol–water partition coefficient (Wildman–Crippen LogP) is 3.93. The quantitative estimate of drug-likeness (QED) is 0.766. The summed E-state index contributed by atoms with van der Waals surface area (Å²) in [6.07, 6.45) is 5.66. The van der Waals surface area contributed by atoms with Crippen LogP contribution in [0.3, 0.4) is 0 Å². The van der Waals surface area contributed by atoms with Gasteiger partial charge in [0.05, 0.1) is 0 Å². The largest absolute Gasteiger partial charge is 0.313 e. The highest BCUT2D eigenvalue weighted by Gasteiger charge is 2.15. The van der Waals surface area contributed by atoms with Crippen LogP contribution in [0.15, 0.2) is 18.2 Å². The zero-order chi connectivity index (χ0) is 11.4. The van der Waals surface area contributed by atoms with Crippen molar-refractivity contribution in [2.45, 2.75) is 39.2 Å². The molecule has 0 heterocycles. The van der Waals surface area contributed by atoms with Gasteiger partial charge in [0.2, 0.25) is 0 Å². The molecule has 1 nitrogen and oxygen atoms in total. The van der Waals surface area contributed by atoms with E-state index in [1.165, 1.54) is 31.2 Å². The maximum atomic E-state index is 6.08. The van der Waals surface area contributed by atoms with Crippen molar-refractivity contribution >= 4 is 11.6 Å². The minimum atomic E-state index is 0.873. The highest BCUT2D eigenvalue weighted by atomic mass is 35.5. The molecule has 0 aliphatic heterocycles. The maximum Gasteiger partial charge on any atom is 0.0438 e. The lowest BCUT2D eigenvalue weighted by atomic mass is 9.83. The third kappa shape index (κ3) is 3.23. The zero-order valence-electron chi connectivity index (χ0n) is 9.93. The van der Waals surface area contributed by atoms with E-state index in [4.69, 9.17) is 11.6 Å². The lowest BCUT2D eigenvalue weighted by Gasteiger charge is -2.25. The fraction of sp³-hybridized carbons (Fsp3) is 0.571. The summed E-state index contributed by atoms with van der Waals surface area (Å²) in [6.45, 7) is 4.11. The average molecular weight is 238 g/mol. The molecule has 0 saturated heterocycles. The molecule has 0 bridgehead atoms. The summed E-state index contributed by atoms with van der Waals surface area (Å²) in [5.74, 6) is 0.995. The van der Waals surface area contributed by atoms with Crippen molar-refractivity contribution in [1.29, 1.82) is 0 Å². The van der Waals surface area contributed by atoms with Crippen LogP contribution in [0.4, 0.5) is 0 Å². The van der Waals surface area contributed by atoms with Gasteiger partial charge in [0, 0.05) is 11.6 Å². The Morgan fingerprint density at radius 1 is 1.38 bits per heavy atom. The lowest BCUT2D eigenvalue weighted by Crippen LogP contribution is -2.21. The van der Waals surface area contributed by atoms with Crippen molar-refractivity contribution in [3.05, 3.63) is 34.3 Å². The first-order valence-electron chi connectivity index (χ1n) is 6.21. The highest BCUT2D eigenvalue weighted by molar-refractivity contribution is 6.31. The average Bonchev–Trinajstić information content (AvgIpc) is 2.20. The number of rotatable bonds is 5. The Bertz CT molecular complexity index is 345. The van der Waals surface area contributed by atoms with Crippen molar-refractivity contribution in [2.24, 2.45) is 5.92 Å². The molecule has 1 saturated carbocycles. The zero-order valence-corrected chi connectivity index (χ0v) is 10.7. The van der Waals surface area contributed by atoms with Crippen LogP contribution in [-0.4, -0.2) is 6.54 Å². The van der Waals surface area contributed by atoms with Gasteiger partial charge in [-0.05, 0) is 43.0 Å². The normalized spacial score (nSPS) is 16.1. The van der Waals surface area contributed by atoms with E-state index in [9.17, 15) is 0 Å². The van der Waals surface area contributed by atoms with Gasteiger partial charge >= 0.3 is 0 Å². The van der Waals surface area contributed by atoms with E-state index in [0.717, 1.165) is 29.6 Å². The molecule has 1 fully saturated rings. The number of hydrogen-bond acceptors (Lipinski definition) is 1. The lowest BCUT2D eigenvalue weighted by molar-refractivity contribution is 0.292. The van der Waals surface area contributed by atoms with Gasteiger partial charge in [-0.25, -0.2) is 0 Å². The van der Waals surface area contributed by atoms with Crippen LogP contribution in [0.2, 0.25) is 5.02 Å². The molecule has 0 radical (unpaired) electrons. The molecule has 1 aliphatic carbocycles. The minimum Gasteiger partial charge on any atom is -0.313 e. The van der Waals surface area contributed by atoms with Gasteiger partial charge in [-0.15, -0.1) is 0 Å². The van der Waals surface area contributed by atoms with Gasteiger partial charge in [-0.2, -0.15) is 0 Å². The molecule has 1 aromatic carbocycles. The van der Waals surface area contributed by atoms with Crippen LogP contribution < -0.4 is 5.32 Å². The van der Waals surface area contributed by atoms with E-state index < -0.39 is 0 Å². The summed E-state index contributed by atoms with van der Waals surface area (Å²) >= 11 is 6.08. The molecular weight excluding hydrogens is 218 g/mol. The molecule has 1 N–H and O–H groups in total. The topological polar surface area (TPSA) is 12.0 Å². The Kier molecular flexibility index (Phi) is 4.25. The van der Waals surface area contributed by atoms with E-state index in [0.29, 0.717) is 0 Å². The Hall–Kier alpha value is -0.530. The van der Waals surface area contributed by atoms with Crippen molar-refractivity contribution < 1.29 is 0 Å². The van der Waals surface area contributed by atoms with E-state index in [1.807, 2.05) is 6.92 Å². The minimum absolute atomic E-state index is 0.873. The molecule has 2 heteroatoms. The fourth-order valence-corrected chi connectivity index (χ4v) is 2.27. The predicted molar refractivity (Wildman–Crippen MR) is 69.9 cm³/mol. The number of benzene rings is 1. The molecule has 0 aromatic heterocycles. The van der Waals surface area contributed by atoms with Crippen LogP contribution in [-0.2, 0) is 6.54 Å². The number of nitrogens with one attached hydrogen (secondary N) is 1. The summed E-state index contributed by atoms with van der Waals surface area (Å²) in [5, 5.41) is 4.36. The number of hydrogen-bond donors (Lipinski definition) is 1. The van der Waals surface area contributed by atoms with E-state index in [-0.39, 0.29) is 0 Å². The summed E-state index contributed by atoms with van der Waals surface area (Å²) in [4.78, 5) is 0. The van der Waals surface area contributed by atoms with Crippen molar-refractivity contribution in [1.82, 2.24) is 5.32 Å².